The van der Waals surface area contributed by atoms with E-state index in [1.165, 1.54) is 16.8 Å². The van der Waals surface area contributed by atoms with Crippen molar-refractivity contribution >= 4 is 28.9 Å². The molecule has 0 unspecified atom stereocenters. The average molecular weight is 393 g/mol. The minimum Gasteiger partial charge on any atom is -0.380 e. The Bertz CT molecular complexity index is 1010. The molecule has 3 aromatic rings. The second kappa shape index (κ2) is 7.10. The van der Waals surface area contributed by atoms with Crippen molar-refractivity contribution in [2.45, 2.75) is 45.6 Å². The van der Waals surface area contributed by atoms with E-state index < -0.39 is 0 Å². The van der Waals surface area contributed by atoms with E-state index in [9.17, 15) is 0 Å². The molecule has 28 heavy (non-hydrogen) atoms. The highest BCUT2D eigenvalue weighted by molar-refractivity contribution is 6.30. The Morgan fingerprint density at radius 3 is 2.64 bits per heavy atom. The number of rotatable bonds is 3. The molecule has 1 aliphatic heterocycles. The third kappa shape index (κ3) is 3.83. The summed E-state index contributed by atoms with van der Waals surface area (Å²) in [5, 5.41) is 7.63. The molecule has 4 rings (SSSR count). The van der Waals surface area contributed by atoms with E-state index in [1.807, 2.05) is 30.3 Å². The summed E-state index contributed by atoms with van der Waals surface area (Å²) < 4.78 is 0. The third-order valence-corrected chi connectivity index (χ3v) is 5.50. The number of nitrogens with zero attached hydrogens (tertiary/aromatic N) is 2. The van der Waals surface area contributed by atoms with Gasteiger partial charge in [-0.1, -0.05) is 18.5 Å². The first kappa shape index (κ1) is 18.8. The van der Waals surface area contributed by atoms with Gasteiger partial charge in [0.1, 0.15) is 0 Å². The summed E-state index contributed by atoms with van der Waals surface area (Å²) in [6.07, 6.45) is 2.90. The number of halogens is 1. The molecule has 0 spiro atoms. The first-order valence-electron chi connectivity index (χ1n) is 9.59. The van der Waals surface area contributed by atoms with Crippen molar-refractivity contribution in [1.82, 2.24) is 9.97 Å². The summed E-state index contributed by atoms with van der Waals surface area (Å²) in [4.78, 5) is 9.11. The quantitative estimate of drug-likeness (QED) is 0.530. The fourth-order valence-electron chi connectivity index (χ4n) is 4.04. The molecule has 2 heterocycles. The summed E-state index contributed by atoms with van der Waals surface area (Å²) in [5.74, 6) is 1.07. The summed E-state index contributed by atoms with van der Waals surface area (Å²) in [6, 6.07) is 14.0. The van der Waals surface area contributed by atoms with Gasteiger partial charge in [0.2, 0.25) is 5.95 Å². The lowest BCUT2D eigenvalue weighted by molar-refractivity contribution is 0.454. The van der Waals surface area contributed by atoms with Crippen LogP contribution in [0.5, 0.6) is 0 Å². The Hall–Kier alpha value is -2.59. The summed E-state index contributed by atoms with van der Waals surface area (Å²) in [5.41, 5.74) is 6.88. The number of nitrogens with one attached hydrogen (secondary N) is 2. The van der Waals surface area contributed by atoms with Gasteiger partial charge in [-0.15, -0.1) is 0 Å². The minimum atomic E-state index is 0.116. The molecule has 0 aliphatic carbocycles. The highest BCUT2D eigenvalue weighted by Gasteiger charge is 2.29. The number of hydrogen-bond donors (Lipinski definition) is 2. The monoisotopic (exact) mass is 392 g/mol. The van der Waals surface area contributed by atoms with Crippen LogP contribution in [0.2, 0.25) is 5.02 Å². The molecule has 1 aromatic heterocycles. The van der Waals surface area contributed by atoms with E-state index in [4.69, 9.17) is 16.6 Å². The average Bonchev–Trinajstić information content (AvgIpc) is 2.62. The van der Waals surface area contributed by atoms with Crippen molar-refractivity contribution in [3.63, 3.8) is 0 Å². The minimum absolute atomic E-state index is 0.116. The molecule has 0 bridgehead atoms. The van der Waals surface area contributed by atoms with Crippen LogP contribution in [-0.2, 0) is 0 Å². The molecule has 1 atom stereocenters. The molecule has 0 radical (unpaired) electrons. The van der Waals surface area contributed by atoms with E-state index in [1.54, 1.807) is 6.20 Å². The molecule has 2 N–H and O–H groups in total. The maximum absolute atomic E-state index is 5.96. The summed E-state index contributed by atoms with van der Waals surface area (Å²) >= 11 is 5.96. The molecule has 2 aromatic carbocycles. The Kier molecular flexibility index (Phi) is 4.76. The van der Waals surface area contributed by atoms with Gasteiger partial charge in [-0.2, -0.15) is 0 Å². The second-order valence-corrected chi connectivity index (χ2v) is 8.70. The van der Waals surface area contributed by atoms with E-state index in [0.717, 1.165) is 23.4 Å². The van der Waals surface area contributed by atoms with Crippen LogP contribution >= 0.6 is 11.6 Å². The SMILES string of the molecule is Cc1cc2c(cc1-c1ccnc(Nc3ccc(Cl)cc3)n1)[C@@H](C)CC(C)(C)N2. The van der Waals surface area contributed by atoms with Crippen LogP contribution in [0.1, 0.15) is 44.2 Å². The van der Waals surface area contributed by atoms with Gasteiger partial charge in [-0.3, -0.25) is 0 Å². The second-order valence-electron chi connectivity index (χ2n) is 8.27. The van der Waals surface area contributed by atoms with Crippen LogP contribution in [0, 0.1) is 6.92 Å². The third-order valence-electron chi connectivity index (χ3n) is 5.25. The lowest BCUT2D eigenvalue weighted by Crippen LogP contribution is -2.36. The van der Waals surface area contributed by atoms with Gasteiger partial charge < -0.3 is 10.6 Å². The van der Waals surface area contributed by atoms with Crippen LogP contribution in [0.25, 0.3) is 11.3 Å². The number of benzene rings is 2. The van der Waals surface area contributed by atoms with Crippen LogP contribution in [0.3, 0.4) is 0 Å². The van der Waals surface area contributed by atoms with Gasteiger partial charge in [0.05, 0.1) is 5.69 Å². The van der Waals surface area contributed by atoms with Crippen molar-refractivity contribution in [1.29, 1.82) is 0 Å². The standard InChI is InChI=1S/C23H25ClN4/c1-14-11-21-19(15(2)13-23(3,4)28-21)12-18(14)20-9-10-25-22(27-20)26-17-7-5-16(24)6-8-17/h5-12,15,28H,13H2,1-4H3,(H,25,26,27)/t15-/m0/s1. The zero-order chi connectivity index (χ0) is 19.9. The number of anilines is 3. The lowest BCUT2D eigenvalue weighted by atomic mass is 9.80. The van der Waals surface area contributed by atoms with Crippen LogP contribution in [0.15, 0.2) is 48.7 Å². The predicted octanol–water partition coefficient (Wildman–Crippen LogP) is 6.55. The van der Waals surface area contributed by atoms with Gasteiger partial charge in [0, 0.05) is 33.7 Å². The largest absolute Gasteiger partial charge is 0.380 e. The van der Waals surface area contributed by atoms with Gasteiger partial charge in [0.25, 0.3) is 0 Å². The normalized spacial score (nSPS) is 17.5. The smallest absolute Gasteiger partial charge is 0.227 e. The topological polar surface area (TPSA) is 49.8 Å². The van der Waals surface area contributed by atoms with Crippen LogP contribution in [0.4, 0.5) is 17.3 Å². The maximum Gasteiger partial charge on any atom is 0.227 e. The van der Waals surface area contributed by atoms with Gasteiger partial charge >= 0.3 is 0 Å². The zero-order valence-electron chi connectivity index (χ0n) is 16.7. The maximum atomic E-state index is 5.96. The van der Waals surface area contributed by atoms with Crippen molar-refractivity contribution < 1.29 is 0 Å². The van der Waals surface area contributed by atoms with Crippen LogP contribution < -0.4 is 10.6 Å². The number of aromatic nitrogens is 2. The first-order valence-corrected chi connectivity index (χ1v) is 9.97. The van der Waals surface area contributed by atoms with Crippen molar-refractivity contribution in [3.8, 4) is 11.3 Å². The number of aryl methyl sites for hydroxylation is 1. The summed E-state index contributed by atoms with van der Waals surface area (Å²) in [6.45, 7) is 8.95. The van der Waals surface area contributed by atoms with E-state index in [0.29, 0.717) is 16.9 Å². The molecule has 5 heteroatoms. The molecule has 144 valence electrons. The highest BCUT2D eigenvalue weighted by Crippen LogP contribution is 2.41. The van der Waals surface area contributed by atoms with E-state index in [-0.39, 0.29) is 5.54 Å². The molecule has 4 nitrogen and oxygen atoms in total. The fourth-order valence-corrected chi connectivity index (χ4v) is 4.16. The molecular weight excluding hydrogens is 368 g/mol. The fraction of sp³-hybridized carbons (Fsp3) is 0.304. The van der Waals surface area contributed by atoms with Crippen LogP contribution in [-0.4, -0.2) is 15.5 Å². The Balaban J connectivity index is 1.68. The lowest BCUT2D eigenvalue weighted by Gasteiger charge is -2.38. The van der Waals surface area contributed by atoms with Crippen molar-refractivity contribution in [3.05, 3.63) is 64.8 Å². The predicted molar refractivity (Wildman–Crippen MR) is 118 cm³/mol. The molecule has 1 aliphatic rings. The summed E-state index contributed by atoms with van der Waals surface area (Å²) in [7, 11) is 0. The van der Waals surface area contributed by atoms with Gasteiger partial charge in [-0.25, -0.2) is 9.97 Å². The first-order chi connectivity index (χ1) is 13.3. The number of hydrogen-bond acceptors (Lipinski definition) is 4. The molecule has 0 amide bonds. The van der Waals surface area contributed by atoms with E-state index in [2.05, 4.69) is 55.4 Å². The Morgan fingerprint density at radius 2 is 1.89 bits per heavy atom. The van der Waals surface area contributed by atoms with Crippen molar-refractivity contribution in [2.75, 3.05) is 10.6 Å². The van der Waals surface area contributed by atoms with E-state index >= 15 is 0 Å². The molecule has 0 saturated carbocycles. The molecular formula is C23H25ClN4. The number of fused-ring (bicyclic) bond motifs is 1. The van der Waals surface area contributed by atoms with Crippen molar-refractivity contribution in [2.24, 2.45) is 0 Å². The molecule has 0 fully saturated rings. The zero-order valence-corrected chi connectivity index (χ0v) is 17.4. The van der Waals surface area contributed by atoms with Gasteiger partial charge in [0.15, 0.2) is 0 Å². The molecule has 0 saturated heterocycles. The Morgan fingerprint density at radius 1 is 1.14 bits per heavy atom. The highest BCUT2D eigenvalue weighted by atomic mass is 35.5. The Labute approximate surface area is 171 Å². The van der Waals surface area contributed by atoms with Gasteiger partial charge in [-0.05, 0) is 86.7 Å².